The molecule has 0 aliphatic heterocycles. The minimum atomic E-state index is -0.865. The number of carbonyl (C=O) groups is 2. The first-order valence-electron chi connectivity index (χ1n) is 4.97. The predicted octanol–water partition coefficient (Wildman–Crippen LogP) is 1.28. The number of nitrogens with one attached hydrogen (secondary N) is 1. The van der Waals surface area contributed by atoms with E-state index in [1.807, 2.05) is 12.2 Å². The van der Waals surface area contributed by atoms with E-state index in [0.29, 0.717) is 17.9 Å². The number of imide groups is 1. The topological polar surface area (TPSA) is 81.4 Å². The van der Waals surface area contributed by atoms with Gasteiger partial charge in [-0.25, -0.2) is 4.79 Å². The molecule has 0 atom stereocenters. The molecule has 0 aliphatic rings. The lowest BCUT2D eigenvalue weighted by Gasteiger charge is -2.05. The first-order chi connectivity index (χ1) is 7.63. The summed E-state index contributed by atoms with van der Waals surface area (Å²) in [6, 6.07) is 5.63. The van der Waals surface area contributed by atoms with E-state index in [0.717, 1.165) is 6.42 Å². The molecule has 16 heavy (non-hydrogen) atoms. The van der Waals surface area contributed by atoms with Crippen LogP contribution in [-0.2, 0) is 0 Å². The number of rotatable bonds is 4. The minimum absolute atomic E-state index is 0.364. The third-order valence-corrected chi connectivity index (χ3v) is 1.83. The van der Waals surface area contributed by atoms with Crippen LogP contribution in [0.15, 0.2) is 24.3 Å². The van der Waals surface area contributed by atoms with Crippen molar-refractivity contribution in [3.63, 3.8) is 0 Å². The number of hydrogen-bond donors (Lipinski definition) is 2. The van der Waals surface area contributed by atoms with E-state index in [-0.39, 0.29) is 0 Å². The zero-order chi connectivity index (χ0) is 12.0. The number of urea groups is 1. The Morgan fingerprint density at radius 1 is 1.31 bits per heavy atom. The molecule has 5 heteroatoms. The van der Waals surface area contributed by atoms with Crippen molar-refractivity contribution in [1.82, 2.24) is 5.32 Å². The summed E-state index contributed by atoms with van der Waals surface area (Å²) in [4.78, 5) is 21.8. The molecule has 0 bridgehead atoms. The molecule has 0 spiro atoms. The van der Waals surface area contributed by atoms with Crippen molar-refractivity contribution in [2.75, 3.05) is 6.61 Å². The van der Waals surface area contributed by atoms with Gasteiger partial charge in [-0.05, 0) is 30.7 Å². The summed E-state index contributed by atoms with van der Waals surface area (Å²) < 4.78 is 5.35. The van der Waals surface area contributed by atoms with Crippen LogP contribution in [0.25, 0.3) is 0 Å². The van der Waals surface area contributed by atoms with Gasteiger partial charge in [0.1, 0.15) is 5.75 Å². The largest absolute Gasteiger partial charge is 0.494 e. The van der Waals surface area contributed by atoms with Gasteiger partial charge in [0.25, 0.3) is 5.91 Å². The zero-order valence-corrected chi connectivity index (χ0v) is 9.03. The van der Waals surface area contributed by atoms with Crippen LogP contribution in [0.1, 0.15) is 23.7 Å². The third-order valence-electron chi connectivity index (χ3n) is 1.83. The van der Waals surface area contributed by atoms with Crippen LogP contribution in [-0.4, -0.2) is 18.5 Å². The molecule has 0 fully saturated rings. The van der Waals surface area contributed by atoms with E-state index < -0.39 is 11.9 Å². The maximum Gasteiger partial charge on any atom is 0.319 e. The van der Waals surface area contributed by atoms with Crippen molar-refractivity contribution in [1.29, 1.82) is 0 Å². The van der Waals surface area contributed by atoms with Gasteiger partial charge in [-0.3, -0.25) is 10.1 Å². The highest BCUT2D eigenvalue weighted by atomic mass is 16.5. The number of primary amides is 1. The summed E-state index contributed by atoms with van der Waals surface area (Å²) in [5.41, 5.74) is 5.19. The second kappa shape index (κ2) is 5.75. The molecule has 0 aliphatic carbocycles. The fourth-order valence-electron chi connectivity index (χ4n) is 1.11. The van der Waals surface area contributed by atoms with E-state index in [1.54, 1.807) is 24.3 Å². The number of benzene rings is 1. The Hall–Kier alpha value is -2.04. The van der Waals surface area contributed by atoms with E-state index in [2.05, 4.69) is 0 Å². The van der Waals surface area contributed by atoms with E-state index >= 15 is 0 Å². The molecule has 3 N–H and O–H groups in total. The maximum atomic E-state index is 11.3. The molecule has 1 aromatic carbocycles. The normalized spacial score (nSPS) is 9.56. The zero-order valence-electron chi connectivity index (χ0n) is 9.03. The van der Waals surface area contributed by atoms with Gasteiger partial charge < -0.3 is 10.5 Å². The lowest BCUT2D eigenvalue weighted by Crippen LogP contribution is -2.34. The lowest BCUT2D eigenvalue weighted by molar-refractivity contribution is 0.0966. The SMILES string of the molecule is CCCOc1ccc(C(=O)NC(N)=O)cc1. The van der Waals surface area contributed by atoms with Crippen molar-refractivity contribution >= 4 is 11.9 Å². The summed E-state index contributed by atoms with van der Waals surface area (Å²) in [6.45, 7) is 2.64. The fourth-order valence-corrected chi connectivity index (χ4v) is 1.11. The molecule has 5 nitrogen and oxygen atoms in total. The second-order valence-electron chi connectivity index (χ2n) is 3.19. The summed E-state index contributed by atoms with van der Waals surface area (Å²) in [7, 11) is 0. The quantitative estimate of drug-likeness (QED) is 0.805. The summed E-state index contributed by atoms with van der Waals surface area (Å²) in [6.07, 6.45) is 0.921. The Bertz CT molecular complexity index is 373. The Morgan fingerprint density at radius 2 is 1.94 bits per heavy atom. The molecule has 0 unspecified atom stereocenters. The average molecular weight is 222 g/mol. The van der Waals surface area contributed by atoms with Crippen LogP contribution in [0.5, 0.6) is 5.75 Å². The molecular formula is C11H14N2O3. The third kappa shape index (κ3) is 3.61. The number of ether oxygens (including phenoxy) is 1. The van der Waals surface area contributed by atoms with Crippen molar-refractivity contribution in [2.24, 2.45) is 5.73 Å². The molecule has 0 saturated carbocycles. The van der Waals surface area contributed by atoms with Crippen LogP contribution in [0, 0.1) is 0 Å². The van der Waals surface area contributed by atoms with Gasteiger partial charge in [0.05, 0.1) is 6.61 Å². The maximum absolute atomic E-state index is 11.3. The highest BCUT2D eigenvalue weighted by molar-refractivity contribution is 6.03. The number of carbonyl (C=O) groups excluding carboxylic acids is 2. The van der Waals surface area contributed by atoms with Gasteiger partial charge in [0.15, 0.2) is 0 Å². The van der Waals surface area contributed by atoms with Crippen LogP contribution in [0.2, 0.25) is 0 Å². The lowest BCUT2D eigenvalue weighted by atomic mass is 10.2. The monoisotopic (exact) mass is 222 g/mol. The minimum Gasteiger partial charge on any atom is -0.494 e. The van der Waals surface area contributed by atoms with Crippen molar-refractivity contribution in [3.05, 3.63) is 29.8 Å². The first kappa shape index (κ1) is 12.0. The van der Waals surface area contributed by atoms with Crippen molar-refractivity contribution in [2.45, 2.75) is 13.3 Å². The highest BCUT2D eigenvalue weighted by Crippen LogP contribution is 2.12. The Labute approximate surface area is 93.6 Å². The number of hydrogen-bond acceptors (Lipinski definition) is 3. The Morgan fingerprint density at radius 3 is 2.44 bits per heavy atom. The van der Waals surface area contributed by atoms with Gasteiger partial charge in [0.2, 0.25) is 0 Å². The van der Waals surface area contributed by atoms with E-state index in [1.165, 1.54) is 0 Å². The molecule has 1 aromatic rings. The molecule has 86 valence electrons. The van der Waals surface area contributed by atoms with Gasteiger partial charge >= 0.3 is 6.03 Å². The summed E-state index contributed by atoms with van der Waals surface area (Å²) >= 11 is 0. The van der Waals surface area contributed by atoms with Crippen LogP contribution in [0.4, 0.5) is 4.79 Å². The number of amides is 3. The van der Waals surface area contributed by atoms with E-state index in [4.69, 9.17) is 10.5 Å². The smallest absolute Gasteiger partial charge is 0.319 e. The predicted molar refractivity (Wildman–Crippen MR) is 59.3 cm³/mol. The van der Waals surface area contributed by atoms with Gasteiger partial charge in [-0.1, -0.05) is 6.92 Å². The molecule has 0 aromatic heterocycles. The molecule has 0 radical (unpaired) electrons. The molecule has 0 saturated heterocycles. The first-order valence-corrected chi connectivity index (χ1v) is 4.97. The molecule has 1 rings (SSSR count). The van der Waals surface area contributed by atoms with Gasteiger partial charge in [-0.15, -0.1) is 0 Å². The standard InChI is InChI=1S/C11H14N2O3/c1-2-7-16-9-5-3-8(4-6-9)10(14)13-11(12)15/h3-6H,2,7H2,1H3,(H3,12,13,14,15). The average Bonchev–Trinajstić information content (AvgIpc) is 2.26. The summed E-state index contributed by atoms with van der Waals surface area (Å²) in [5.74, 6) is 0.173. The van der Waals surface area contributed by atoms with Crippen LogP contribution < -0.4 is 15.8 Å². The van der Waals surface area contributed by atoms with Crippen molar-refractivity contribution in [3.8, 4) is 5.75 Å². The number of nitrogens with two attached hydrogens (primary N) is 1. The second-order valence-corrected chi connectivity index (χ2v) is 3.19. The summed E-state index contributed by atoms with van der Waals surface area (Å²) in [5, 5.41) is 1.98. The van der Waals surface area contributed by atoms with E-state index in [9.17, 15) is 9.59 Å². The Balaban J connectivity index is 2.63. The highest BCUT2D eigenvalue weighted by Gasteiger charge is 2.07. The fraction of sp³-hybridized carbons (Fsp3) is 0.273. The molecule has 0 heterocycles. The van der Waals surface area contributed by atoms with Gasteiger partial charge in [0, 0.05) is 5.56 Å². The van der Waals surface area contributed by atoms with Crippen LogP contribution in [0.3, 0.4) is 0 Å². The van der Waals surface area contributed by atoms with Crippen molar-refractivity contribution < 1.29 is 14.3 Å². The van der Waals surface area contributed by atoms with Gasteiger partial charge in [-0.2, -0.15) is 0 Å². The van der Waals surface area contributed by atoms with Crippen LogP contribution >= 0.6 is 0 Å². The molecular weight excluding hydrogens is 208 g/mol. The molecule has 3 amide bonds. The Kier molecular flexibility index (Phi) is 4.32.